The summed E-state index contributed by atoms with van der Waals surface area (Å²) in [4.78, 5) is 28.9. The van der Waals surface area contributed by atoms with E-state index in [4.69, 9.17) is 4.74 Å². The van der Waals surface area contributed by atoms with Crippen LogP contribution < -0.4 is 5.32 Å². The normalized spacial score (nSPS) is 11.0. The first-order valence-corrected chi connectivity index (χ1v) is 7.64. The van der Waals surface area contributed by atoms with Gasteiger partial charge >= 0.3 is 5.97 Å². The number of aromatic amines is 1. The fourth-order valence-corrected chi connectivity index (χ4v) is 2.48. The molecule has 6 nitrogen and oxygen atoms in total. The molecule has 1 amide bonds. The number of carbonyl (C=O) groups is 2. The second-order valence-corrected chi connectivity index (χ2v) is 5.99. The Hall–Kier alpha value is -1.86. The van der Waals surface area contributed by atoms with Crippen LogP contribution in [0, 0.1) is 0 Å². The van der Waals surface area contributed by atoms with Gasteiger partial charge in [-0.1, -0.05) is 15.9 Å². The van der Waals surface area contributed by atoms with Crippen LogP contribution in [0.4, 0.5) is 5.69 Å². The molecule has 2 rings (SSSR count). The number of fused-ring (bicyclic) bond motifs is 1. The Morgan fingerprint density at radius 1 is 1.36 bits per heavy atom. The highest BCUT2D eigenvalue weighted by atomic mass is 79.9. The lowest BCUT2D eigenvalue weighted by molar-refractivity contribution is -0.116. The number of aromatic nitrogens is 1. The Labute approximate surface area is 136 Å². The molecule has 118 valence electrons. The highest BCUT2D eigenvalue weighted by molar-refractivity contribution is 9.10. The molecule has 2 aromatic rings. The average molecular weight is 368 g/mol. The summed E-state index contributed by atoms with van der Waals surface area (Å²) >= 11 is 3.40. The number of halogens is 1. The van der Waals surface area contributed by atoms with Crippen LogP contribution in [0.25, 0.3) is 10.9 Å². The number of anilines is 1. The summed E-state index contributed by atoms with van der Waals surface area (Å²) in [5.74, 6) is -0.689. The molecule has 7 heteroatoms. The van der Waals surface area contributed by atoms with Gasteiger partial charge in [0.05, 0.1) is 18.8 Å². The van der Waals surface area contributed by atoms with Crippen molar-refractivity contribution in [2.24, 2.45) is 0 Å². The van der Waals surface area contributed by atoms with Crippen LogP contribution in [-0.2, 0) is 9.53 Å². The first-order chi connectivity index (χ1) is 10.4. The number of nitrogens with zero attached hydrogens (tertiary/aromatic N) is 1. The number of ether oxygens (including phenoxy) is 1. The quantitative estimate of drug-likeness (QED) is 0.796. The number of carbonyl (C=O) groups excluding carboxylic acids is 2. The maximum atomic E-state index is 12.1. The number of H-pyrrole nitrogens is 1. The Bertz CT molecular complexity index is 709. The predicted molar refractivity (Wildman–Crippen MR) is 89.1 cm³/mol. The minimum atomic E-state index is -0.491. The number of hydrogen-bond donors (Lipinski definition) is 2. The zero-order valence-corrected chi connectivity index (χ0v) is 14.3. The van der Waals surface area contributed by atoms with E-state index in [0.29, 0.717) is 5.69 Å². The van der Waals surface area contributed by atoms with E-state index in [1.807, 2.05) is 18.2 Å². The van der Waals surface area contributed by atoms with E-state index in [9.17, 15) is 9.59 Å². The molecule has 0 radical (unpaired) electrons. The number of hydrogen-bond acceptors (Lipinski definition) is 4. The number of esters is 1. The maximum Gasteiger partial charge on any atom is 0.356 e. The zero-order valence-electron chi connectivity index (χ0n) is 12.7. The summed E-state index contributed by atoms with van der Waals surface area (Å²) in [6.07, 6.45) is 0. The molecule has 2 N–H and O–H groups in total. The van der Waals surface area contributed by atoms with Gasteiger partial charge in [0.1, 0.15) is 5.69 Å². The summed E-state index contributed by atoms with van der Waals surface area (Å²) in [5.41, 5.74) is 1.45. The largest absolute Gasteiger partial charge is 0.461 e. The molecule has 1 heterocycles. The molecule has 0 saturated heterocycles. The molecule has 0 saturated carbocycles. The van der Waals surface area contributed by atoms with Crippen LogP contribution in [0.5, 0.6) is 0 Å². The number of benzene rings is 1. The SMILES string of the molecule is CCOC(=O)c1[nH]c2ccc(Br)cc2c1NC(=O)CN(C)C. The van der Waals surface area contributed by atoms with Crippen LogP contribution in [0.3, 0.4) is 0 Å². The molecule has 0 spiro atoms. The Morgan fingerprint density at radius 2 is 2.09 bits per heavy atom. The zero-order chi connectivity index (χ0) is 16.3. The van der Waals surface area contributed by atoms with Crippen molar-refractivity contribution in [2.45, 2.75) is 6.92 Å². The number of rotatable bonds is 5. The Kier molecular flexibility index (Phi) is 5.20. The standard InChI is InChI=1S/C15H18BrN3O3/c1-4-22-15(21)14-13(18-12(20)8-19(2)3)10-7-9(16)5-6-11(10)17-14/h5-7,17H,4,8H2,1-3H3,(H,18,20). The third-order valence-electron chi connectivity index (χ3n) is 2.96. The second-order valence-electron chi connectivity index (χ2n) is 5.07. The van der Waals surface area contributed by atoms with Crippen LogP contribution >= 0.6 is 15.9 Å². The van der Waals surface area contributed by atoms with Crippen LogP contribution in [0.15, 0.2) is 22.7 Å². The van der Waals surface area contributed by atoms with Gasteiger partial charge in [-0.3, -0.25) is 4.79 Å². The van der Waals surface area contributed by atoms with E-state index < -0.39 is 5.97 Å². The summed E-state index contributed by atoms with van der Waals surface area (Å²) in [6, 6.07) is 5.54. The van der Waals surface area contributed by atoms with E-state index in [-0.39, 0.29) is 24.8 Å². The van der Waals surface area contributed by atoms with Crippen molar-refractivity contribution in [3.63, 3.8) is 0 Å². The fraction of sp³-hybridized carbons (Fsp3) is 0.333. The van der Waals surface area contributed by atoms with Gasteiger partial charge in [0.2, 0.25) is 5.91 Å². The first kappa shape index (κ1) is 16.5. The molecule has 0 bridgehead atoms. The highest BCUT2D eigenvalue weighted by Crippen LogP contribution is 2.30. The van der Waals surface area contributed by atoms with Gasteiger partial charge in [0.15, 0.2) is 0 Å². The molecule has 0 fully saturated rings. The lowest BCUT2D eigenvalue weighted by atomic mass is 10.2. The van der Waals surface area contributed by atoms with Gasteiger partial charge in [0.25, 0.3) is 0 Å². The molecule has 0 aliphatic heterocycles. The highest BCUT2D eigenvalue weighted by Gasteiger charge is 2.21. The van der Waals surface area contributed by atoms with Crippen LogP contribution in [-0.4, -0.2) is 49.0 Å². The van der Waals surface area contributed by atoms with Crippen LogP contribution in [0.2, 0.25) is 0 Å². The van der Waals surface area contributed by atoms with Crippen molar-refractivity contribution in [1.29, 1.82) is 0 Å². The first-order valence-electron chi connectivity index (χ1n) is 6.85. The summed E-state index contributed by atoms with van der Waals surface area (Å²) < 4.78 is 5.91. The molecule has 0 aliphatic rings. The van der Waals surface area contributed by atoms with Crippen molar-refractivity contribution in [3.05, 3.63) is 28.4 Å². The number of likely N-dealkylation sites (N-methyl/N-ethyl adjacent to an activating group) is 1. The number of amides is 1. The lowest BCUT2D eigenvalue weighted by Gasteiger charge is -2.11. The molecule has 1 aromatic heterocycles. The minimum Gasteiger partial charge on any atom is -0.461 e. The lowest BCUT2D eigenvalue weighted by Crippen LogP contribution is -2.27. The van der Waals surface area contributed by atoms with Crippen LogP contribution in [0.1, 0.15) is 17.4 Å². The smallest absolute Gasteiger partial charge is 0.356 e. The molecule has 0 unspecified atom stereocenters. The van der Waals surface area contributed by atoms with Gasteiger partial charge in [-0.15, -0.1) is 0 Å². The van der Waals surface area contributed by atoms with E-state index in [2.05, 4.69) is 26.2 Å². The van der Waals surface area contributed by atoms with E-state index >= 15 is 0 Å². The van der Waals surface area contributed by atoms with E-state index in [1.165, 1.54) is 0 Å². The maximum absolute atomic E-state index is 12.1. The van der Waals surface area contributed by atoms with Gasteiger partial charge in [-0.2, -0.15) is 0 Å². The van der Waals surface area contributed by atoms with Gasteiger partial charge in [0, 0.05) is 15.4 Å². The molecular formula is C15H18BrN3O3. The fourth-order valence-electron chi connectivity index (χ4n) is 2.12. The summed E-state index contributed by atoms with van der Waals surface area (Å²) in [6.45, 7) is 2.23. The third-order valence-corrected chi connectivity index (χ3v) is 3.46. The topological polar surface area (TPSA) is 74.4 Å². The summed E-state index contributed by atoms with van der Waals surface area (Å²) in [7, 11) is 3.61. The Morgan fingerprint density at radius 3 is 2.73 bits per heavy atom. The van der Waals surface area contributed by atoms with Gasteiger partial charge < -0.3 is 19.9 Å². The van der Waals surface area contributed by atoms with Crippen molar-refractivity contribution < 1.29 is 14.3 Å². The Balaban J connectivity index is 2.46. The van der Waals surface area contributed by atoms with Crippen molar-refractivity contribution in [1.82, 2.24) is 9.88 Å². The number of nitrogens with one attached hydrogen (secondary N) is 2. The van der Waals surface area contributed by atoms with Crippen molar-refractivity contribution in [2.75, 3.05) is 32.6 Å². The third kappa shape index (κ3) is 3.66. The van der Waals surface area contributed by atoms with E-state index in [0.717, 1.165) is 15.4 Å². The van der Waals surface area contributed by atoms with Crippen molar-refractivity contribution in [3.8, 4) is 0 Å². The summed E-state index contributed by atoms with van der Waals surface area (Å²) in [5, 5.41) is 3.55. The molecular weight excluding hydrogens is 350 g/mol. The van der Waals surface area contributed by atoms with E-state index in [1.54, 1.807) is 25.9 Å². The molecule has 0 aliphatic carbocycles. The molecule has 0 atom stereocenters. The molecule has 22 heavy (non-hydrogen) atoms. The van der Waals surface area contributed by atoms with Gasteiger partial charge in [-0.25, -0.2) is 4.79 Å². The van der Waals surface area contributed by atoms with Crippen molar-refractivity contribution >= 4 is 44.4 Å². The van der Waals surface area contributed by atoms with Gasteiger partial charge in [-0.05, 0) is 39.2 Å². The second kappa shape index (κ2) is 6.93. The molecule has 1 aromatic carbocycles. The minimum absolute atomic E-state index is 0.198. The average Bonchev–Trinajstić information content (AvgIpc) is 2.76. The predicted octanol–water partition coefficient (Wildman–Crippen LogP) is 2.61. The monoisotopic (exact) mass is 367 g/mol.